The fraction of sp³-hybridized carbons (Fsp3) is 0.333. The molecule has 1 aliphatic heterocycles. The van der Waals surface area contributed by atoms with Gasteiger partial charge in [0.15, 0.2) is 5.82 Å². The fourth-order valence-electron chi connectivity index (χ4n) is 2.26. The molecule has 0 aliphatic carbocycles. The van der Waals surface area contributed by atoms with E-state index in [2.05, 4.69) is 15.1 Å². The summed E-state index contributed by atoms with van der Waals surface area (Å²) in [6.45, 7) is 2.42. The van der Waals surface area contributed by atoms with E-state index in [1.54, 1.807) is 12.4 Å². The lowest BCUT2D eigenvalue weighted by Crippen LogP contribution is -2.34. The first kappa shape index (κ1) is 11.5. The summed E-state index contributed by atoms with van der Waals surface area (Å²) < 4.78 is 2.05. The number of hydrogen-bond donors (Lipinski definition) is 1. The van der Waals surface area contributed by atoms with Crippen LogP contribution in [0.4, 0.5) is 5.69 Å². The van der Waals surface area contributed by atoms with Gasteiger partial charge in [0, 0.05) is 29.4 Å². The molecule has 1 N–H and O–H groups in total. The summed E-state index contributed by atoms with van der Waals surface area (Å²) >= 11 is 5.94. The van der Waals surface area contributed by atoms with Crippen molar-refractivity contribution in [2.45, 2.75) is 19.7 Å². The second kappa shape index (κ2) is 4.59. The number of rotatable bonds is 2. The molecule has 0 bridgehead atoms. The molecule has 0 spiro atoms. The highest BCUT2D eigenvalue weighted by atomic mass is 35.5. The van der Waals surface area contributed by atoms with Crippen LogP contribution in [0.2, 0.25) is 5.02 Å². The molecule has 2 heterocycles. The highest BCUT2D eigenvalue weighted by Crippen LogP contribution is 2.27. The van der Waals surface area contributed by atoms with Gasteiger partial charge in [0.05, 0.1) is 13.2 Å². The van der Waals surface area contributed by atoms with E-state index >= 15 is 0 Å². The molecule has 0 unspecified atom stereocenters. The zero-order valence-electron chi connectivity index (χ0n) is 9.75. The lowest BCUT2D eigenvalue weighted by atomic mass is 10.1. The molecule has 1 aromatic carbocycles. The Kier molecular flexibility index (Phi) is 2.93. The van der Waals surface area contributed by atoms with Gasteiger partial charge in [-0.2, -0.15) is 0 Å². The number of aromatic nitrogens is 3. The Morgan fingerprint density at radius 1 is 1.33 bits per heavy atom. The van der Waals surface area contributed by atoms with Crippen LogP contribution in [0.15, 0.2) is 24.5 Å². The molecule has 0 radical (unpaired) electrons. The number of aliphatic hydroxyl groups excluding tert-OH is 1. The monoisotopic (exact) mass is 264 g/mol. The van der Waals surface area contributed by atoms with Crippen molar-refractivity contribution < 1.29 is 5.11 Å². The van der Waals surface area contributed by atoms with Gasteiger partial charge >= 0.3 is 0 Å². The van der Waals surface area contributed by atoms with Crippen molar-refractivity contribution in [2.24, 2.45) is 0 Å². The molecule has 2 aromatic rings. The third-order valence-electron chi connectivity index (χ3n) is 3.19. The van der Waals surface area contributed by atoms with Crippen LogP contribution in [0.3, 0.4) is 0 Å². The number of fused-ring (bicyclic) bond motifs is 1. The molecule has 3 rings (SSSR count). The number of aliphatic hydroxyl groups is 1. The first-order valence-corrected chi connectivity index (χ1v) is 6.16. The van der Waals surface area contributed by atoms with Crippen LogP contribution in [0, 0.1) is 0 Å². The minimum atomic E-state index is -0.0148. The quantitative estimate of drug-likeness (QED) is 0.892. The van der Waals surface area contributed by atoms with Crippen molar-refractivity contribution in [1.29, 1.82) is 0 Å². The van der Waals surface area contributed by atoms with Gasteiger partial charge in [-0.3, -0.25) is 0 Å². The summed E-state index contributed by atoms with van der Waals surface area (Å²) in [5, 5.41) is 18.0. The first-order chi connectivity index (χ1) is 8.78. The Balaban J connectivity index is 1.93. The second-order valence-electron chi connectivity index (χ2n) is 4.29. The molecule has 0 saturated heterocycles. The number of nitrogens with zero attached hydrogens (tertiary/aromatic N) is 4. The zero-order chi connectivity index (χ0) is 12.5. The van der Waals surface area contributed by atoms with Crippen molar-refractivity contribution in [3.63, 3.8) is 0 Å². The van der Waals surface area contributed by atoms with Crippen LogP contribution in [0.5, 0.6) is 0 Å². The topological polar surface area (TPSA) is 54.2 Å². The molecule has 0 saturated carbocycles. The van der Waals surface area contributed by atoms with Crippen molar-refractivity contribution in [1.82, 2.24) is 14.8 Å². The molecule has 6 heteroatoms. The maximum absolute atomic E-state index is 9.41. The van der Waals surface area contributed by atoms with Crippen LogP contribution in [-0.2, 0) is 19.7 Å². The Morgan fingerprint density at radius 2 is 2.22 bits per heavy atom. The summed E-state index contributed by atoms with van der Waals surface area (Å²) in [6.07, 6.45) is 1.75. The van der Waals surface area contributed by atoms with E-state index in [0.29, 0.717) is 11.6 Å². The normalized spacial score (nSPS) is 14.7. The Bertz CT molecular complexity index is 569. The molecule has 0 amide bonds. The van der Waals surface area contributed by atoms with E-state index in [1.165, 1.54) is 0 Å². The van der Waals surface area contributed by atoms with Gasteiger partial charge in [-0.05, 0) is 18.2 Å². The average molecular weight is 265 g/mol. The number of anilines is 1. The van der Waals surface area contributed by atoms with E-state index in [9.17, 15) is 5.11 Å². The van der Waals surface area contributed by atoms with Crippen molar-refractivity contribution in [2.75, 3.05) is 11.4 Å². The summed E-state index contributed by atoms with van der Waals surface area (Å²) in [5.41, 5.74) is 1.85. The Labute approximate surface area is 110 Å². The minimum absolute atomic E-state index is 0.0148. The predicted octanol–water partition coefficient (Wildman–Crippen LogP) is 1.44. The summed E-state index contributed by atoms with van der Waals surface area (Å²) in [6, 6.07) is 5.59. The molecule has 1 aromatic heterocycles. The molecule has 94 valence electrons. The van der Waals surface area contributed by atoms with Crippen LogP contribution in [-0.4, -0.2) is 26.4 Å². The van der Waals surface area contributed by atoms with E-state index in [-0.39, 0.29) is 6.61 Å². The van der Waals surface area contributed by atoms with Gasteiger partial charge in [-0.1, -0.05) is 11.6 Å². The minimum Gasteiger partial charge on any atom is -0.392 e. The molecule has 5 nitrogen and oxygen atoms in total. The van der Waals surface area contributed by atoms with Crippen LogP contribution in [0.1, 0.15) is 11.4 Å². The van der Waals surface area contributed by atoms with Crippen molar-refractivity contribution in [3.8, 4) is 0 Å². The van der Waals surface area contributed by atoms with Crippen LogP contribution >= 0.6 is 11.6 Å². The van der Waals surface area contributed by atoms with E-state index < -0.39 is 0 Å². The lowest BCUT2D eigenvalue weighted by molar-refractivity contribution is 0.282. The molecule has 0 atom stereocenters. The molecular weight excluding hydrogens is 252 g/mol. The van der Waals surface area contributed by atoms with E-state index in [4.69, 9.17) is 11.6 Å². The number of halogens is 1. The van der Waals surface area contributed by atoms with E-state index in [1.807, 2.05) is 16.7 Å². The third-order valence-corrected chi connectivity index (χ3v) is 3.43. The standard InChI is InChI=1S/C12H13ClN4O/c13-10-1-2-11(9(5-10)7-18)16-3-4-17-8-14-15-12(17)6-16/h1-2,5,8,18H,3-4,6-7H2. The maximum atomic E-state index is 9.41. The average Bonchev–Trinajstić information content (AvgIpc) is 2.85. The number of hydrogen-bond acceptors (Lipinski definition) is 4. The first-order valence-electron chi connectivity index (χ1n) is 5.79. The van der Waals surface area contributed by atoms with Crippen molar-refractivity contribution >= 4 is 17.3 Å². The summed E-state index contributed by atoms with van der Waals surface area (Å²) in [7, 11) is 0. The molecule has 0 fully saturated rings. The highest BCUT2D eigenvalue weighted by Gasteiger charge is 2.19. The van der Waals surface area contributed by atoms with Gasteiger partial charge in [-0.25, -0.2) is 0 Å². The van der Waals surface area contributed by atoms with Crippen LogP contribution in [0.25, 0.3) is 0 Å². The SMILES string of the molecule is OCc1cc(Cl)ccc1N1CCn2cnnc2C1. The van der Waals surface area contributed by atoms with Gasteiger partial charge in [0.2, 0.25) is 0 Å². The third kappa shape index (κ3) is 1.95. The maximum Gasteiger partial charge on any atom is 0.152 e. The molecular formula is C12H13ClN4O. The molecule has 1 aliphatic rings. The zero-order valence-corrected chi connectivity index (χ0v) is 10.5. The smallest absolute Gasteiger partial charge is 0.152 e. The van der Waals surface area contributed by atoms with Gasteiger partial charge < -0.3 is 14.6 Å². The highest BCUT2D eigenvalue weighted by molar-refractivity contribution is 6.30. The Hall–Kier alpha value is -1.59. The molecule has 18 heavy (non-hydrogen) atoms. The van der Waals surface area contributed by atoms with Crippen molar-refractivity contribution in [3.05, 3.63) is 40.9 Å². The van der Waals surface area contributed by atoms with E-state index in [0.717, 1.165) is 30.2 Å². The summed E-state index contributed by atoms with van der Waals surface area (Å²) in [5.74, 6) is 0.945. The lowest BCUT2D eigenvalue weighted by Gasteiger charge is -2.30. The summed E-state index contributed by atoms with van der Waals surface area (Å²) in [4.78, 5) is 2.19. The fourth-order valence-corrected chi connectivity index (χ4v) is 2.46. The van der Waals surface area contributed by atoms with Crippen LogP contribution < -0.4 is 4.90 Å². The van der Waals surface area contributed by atoms with Gasteiger partial charge in [0.1, 0.15) is 6.33 Å². The number of benzene rings is 1. The second-order valence-corrected chi connectivity index (χ2v) is 4.73. The largest absolute Gasteiger partial charge is 0.392 e. The predicted molar refractivity (Wildman–Crippen MR) is 68.4 cm³/mol. The Morgan fingerprint density at radius 3 is 3.06 bits per heavy atom. The van der Waals surface area contributed by atoms with Gasteiger partial charge in [-0.15, -0.1) is 10.2 Å². The van der Waals surface area contributed by atoms with Gasteiger partial charge in [0.25, 0.3) is 0 Å².